The fourth-order valence-corrected chi connectivity index (χ4v) is 3.20. The largest absolute Gasteiger partial charge is 0.507 e. The average Bonchev–Trinajstić information content (AvgIpc) is 3.08. The molecule has 0 amide bonds. The normalized spacial score (nSPS) is 17.0. The van der Waals surface area contributed by atoms with Crippen molar-refractivity contribution >= 4 is 28.6 Å². The number of aromatic hydroxyl groups is 1. The molecule has 0 aliphatic heterocycles. The van der Waals surface area contributed by atoms with Crippen molar-refractivity contribution in [3.8, 4) is 5.75 Å². The fraction of sp³-hybridized carbons (Fsp3) is 0.368. The van der Waals surface area contributed by atoms with Gasteiger partial charge in [-0.05, 0) is 48.6 Å². The minimum Gasteiger partial charge on any atom is -0.507 e. The van der Waals surface area contributed by atoms with Crippen molar-refractivity contribution in [3.63, 3.8) is 0 Å². The first-order valence-corrected chi connectivity index (χ1v) is 8.59. The Hall–Kier alpha value is -1.94. The predicted octanol–water partition coefficient (Wildman–Crippen LogP) is 5.69. The molecule has 24 heavy (non-hydrogen) atoms. The number of rotatable bonds is 6. The summed E-state index contributed by atoms with van der Waals surface area (Å²) in [4.78, 5) is 0. The summed E-state index contributed by atoms with van der Waals surface area (Å²) in [5.74, 6) is -0.232. The molecule has 1 aromatic carbocycles. The van der Waals surface area contributed by atoms with E-state index in [1.165, 1.54) is 18.2 Å². The van der Waals surface area contributed by atoms with Gasteiger partial charge < -0.3 is 5.11 Å². The first-order chi connectivity index (χ1) is 11.6. The first-order valence-electron chi connectivity index (χ1n) is 8.15. The van der Waals surface area contributed by atoms with Gasteiger partial charge in [0.15, 0.2) is 0 Å². The molecular weight excluding hydrogens is 327 g/mol. The van der Waals surface area contributed by atoms with Crippen molar-refractivity contribution in [2.24, 2.45) is 16.1 Å². The van der Waals surface area contributed by atoms with Crippen molar-refractivity contribution in [1.82, 2.24) is 0 Å². The summed E-state index contributed by atoms with van der Waals surface area (Å²) < 4.78 is 14.1. The lowest BCUT2D eigenvalue weighted by molar-refractivity contribution is 0.466. The third-order valence-electron chi connectivity index (χ3n) is 4.32. The molecular formula is C19H22ClFN2O. The quantitative estimate of drug-likeness (QED) is 0.400. The van der Waals surface area contributed by atoms with E-state index in [4.69, 9.17) is 11.6 Å². The molecule has 1 saturated carbocycles. The van der Waals surface area contributed by atoms with Gasteiger partial charge in [0, 0.05) is 5.92 Å². The van der Waals surface area contributed by atoms with E-state index in [1.807, 2.05) is 6.92 Å². The molecule has 0 unspecified atom stereocenters. The zero-order chi connectivity index (χ0) is 17.5. The Kier molecular flexibility index (Phi) is 6.73. The van der Waals surface area contributed by atoms with Gasteiger partial charge in [0.2, 0.25) is 0 Å². The van der Waals surface area contributed by atoms with Gasteiger partial charge in [0.05, 0.1) is 11.3 Å². The molecule has 0 atom stereocenters. The van der Waals surface area contributed by atoms with Crippen LogP contribution in [0, 0.1) is 11.7 Å². The third-order valence-corrected chi connectivity index (χ3v) is 4.41. The van der Waals surface area contributed by atoms with Crippen molar-refractivity contribution in [1.29, 1.82) is 0 Å². The van der Waals surface area contributed by atoms with Crippen LogP contribution in [0.25, 0.3) is 5.57 Å². The number of nitrogens with zero attached hydrogens (tertiary/aromatic N) is 2. The van der Waals surface area contributed by atoms with E-state index in [9.17, 15) is 9.50 Å². The summed E-state index contributed by atoms with van der Waals surface area (Å²) in [5.41, 5.74) is 3.48. The van der Waals surface area contributed by atoms with Crippen molar-refractivity contribution in [3.05, 3.63) is 47.8 Å². The highest BCUT2D eigenvalue weighted by atomic mass is 35.5. The summed E-state index contributed by atoms with van der Waals surface area (Å²) in [6.07, 6.45) is 6.73. The summed E-state index contributed by atoms with van der Waals surface area (Å²) >= 11 is 5.50. The predicted molar refractivity (Wildman–Crippen MR) is 99.2 cm³/mol. The maximum atomic E-state index is 14.1. The van der Waals surface area contributed by atoms with Crippen LogP contribution in [-0.2, 0) is 0 Å². The Bertz CT molecular complexity index is 668. The molecule has 2 rings (SSSR count). The maximum absolute atomic E-state index is 14.1. The zero-order valence-corrected chi connectivity index (χ0v) is 14.6. The Morgan fingerprint density at radius 1 is 1.42 bits per heavy atom. The molecule has 0 aromatic heterocycles. The van der Waals surface area contributed by atoms with Gasteiger partial charge in [0.1, 0.15) is 17.2 Å². The van der Waals surface area contributed by atoms with E-state index < -0.39 is 5.82 Å². The van der Waals surface area contributed by atoms with Gasteiger partial charge in [-0.2, -0.15) is 5.10 Å². The van der Waals surface area contributed by atoms with E-state index in [-0.39, 0.29) is 11.3 Å². The molecule has 5 heteroatoms. The van der Waals surface area contributed by atoms with Gasteiger partial charge in [0.25, 0.3) is 0 Å². The topological polar surface area (TPSA) is 45.0 Å². The second kappa shape index (κ2) is 8.78. The minimum absolute atomic E-state index is 0.0750. The number of benzene rings is 1. The third kappa shape index (κ3) is 4.32. The number of phenols is 1. The molecule has 0 spiro atoms. The van der Waals surface area contributed by atoms with E-state index in [2.05, 4.69) is 16.8 Å². The second-order valence-corrected chi connectivity index (χ2v) is 6.06. The smallest absolute Gasteiger partial charge is 0.134 e. The lowest BCUT2D eigenvalue weighted by Crippen LogP contribution is -2.12. The second-order valence-electron chi connectivity index (χ2n) is 5.86. The minimum atomic E-state index is -0.450. The average molecular weight is 349 g/mol. The molecule has 0 saturated heterocycles. The van der Waals surface area contributed by atoms with Gasteiger partial charge in [-0.3, -0.25) is 0 Å². The van der Waals surface area contributed by atoms with Crippen molar-refractivity contribution in [2.75, 3.05) is 0 Å². The molecule has 1 aliphatic carbocycles. The highest BCUT2D eigenvalue weighted by Crippen LogP contribution is 2.33. The molecule has 1 N–H and O–H groups in total. The van der Waals surface area contributed by atoms with Crippen LogP contribution in [0.4, 0.5) is 4.39 Å². The van der Waals surface area contributed by atoms with Crippen LogP contribution < -0.4 is 0 Å². The fourth-order valence-electron chi connectivity index (χ4n) is 3.16. The number of hydrogen-bond donors (Lipinski definition) is 1. The van der Waals surface area contributed by atoms with Gasteiger partial charge in [-0.1, -0.05) is 44.0 Å². The van der Waals surface area contributed by atoms with E-state index >= 15 is 0 Å². The molecule has 0 radical (unpaired) electrons. The standard InChI is InChI=1S/C19H22ClFN2O/c1-3-14(18-16(21)9-6-10-17(18)24)11-13(2)19(23-22-12-20)15-7-4-5-8-15/h6,9-12,15,24H,2-5,7-8H2,1H3/b14-11+,22-12-,23-19+. The molecule has 1 fully saturated rings. The van der Waals surface area contributed by atoms with Crippen LogP contribution in [0.15, 0.2) is 46.6 Å². The molecule has 0 heterocycles. The van der Waals surface area contributed by atoms with Gasteiger partial charge >= 0.3 is 0 Å². The van der Waals surface area contributed by atoms with Crippen LogP contribution in [-0.4, -0.2) is 16.5 Å². The summed E-state index contributed by atoms with van der Waals surface area (Å²) in [7, 11) is 0. The maximum Gasteiger partial charge on any atom is 0.134 e. The highest BCUT2D eigenvalue weighted by Gasteiger charge is 2.23. The lowest BCUT2D eigenvalue weighted by Gasteiger charge is -2.14. The van der Waals surface area contributed by atoms with Crippen LogP contribution in [0.1, 0.15) is 44.6 Å². The van der Waals surface area contributed by atoms with Crippen LogP contribution in [0.3, 0.4) is 0 Å². The summed E-state index contributed by atoms with van der Waals surface area (Å²) in [6, 6.07) is 4.30. The lowest BCUT2D eigenvalue weighted by atomic mass is 9.92. The van der Waals surface area contributed by atoms with Crippen molar-refractivity contribution < 1.29 is 9.50 Å². The van der Waals surface area contributed by atoms with Crippen LogP contribution in [0.5, 0.6) is 5.75 Å². The first kappa shape index (κ1) is 18.4. The van der Waals surface area contributed by atoms with Crippen LogP contribution in [0.2, 0.25) is 0 Å². The number of hydrogen-bond acceptors (Lipinski definition) is 3. The molecule has 1 aromatic rings. The van der Waals surface area contributed by atoms with Gasteiger partial charge in [-0.25, -0.2) is 4.39 Å². The number of halogens is 2. The van der Waals surface area contributed by atoms with Crippen LogP contribution >= 0.6 is 11.6 Å². The Balaban J connectivity index is 2.39. The monoisotopic (exact) mass is 348 g/mol. The van der Waals surface area contributed by atoms with Crippen molar-refractivity contribution in [2.45, 2.75) is 39.0 Å². The van der Waals surface area contributed by atoms with E-state index in [0.29, 0.717) is 23.5 Å². The van der Waals surface area contributed by atoms with Gasteiger partial charge in [-0.15, -0.1) is 5.10 Å². The molecule has 3 nitrogen and oxygen atoms in total. The summed E-state index contributed by atoms with van der Waals surface area (Å²) in [6.45, 7) is 6.01. The zero-order valence-electron chi connectivity index (χ0n) is 13.8. The Labute approximate surface area is 147 Å². The molecule has 0 bridgehead atoms. The van der Waals surface area contributed by atoms with E-state index in [1.54, 1.807) is 6.08 Å². The molecule has 1 aliphatic rings. The molecule has 128 valence electrons. The number of phenolic OH excluding ortho intramolecular Hbond substituents is 1. The Morgan fingerprint density at radius 3 is 2.71 bits per heavy atom. The highest BCUT2D eigenvalue weighted by molar-refractivity contribution is 6.56. The SMILES string of the molecule is C=C(/C=C(\CC)c1c(O)cccc1F)/C(=N\N=C/Cl)C1CCCC1. The Morgan fingerprint density at radius 2 is 2.12 bits per heavy atom. The van der Waals surface area contributed by atoms with E-state index in [0.717, 1.165) is 37.1 Å². The number of allylic oxidation sites excluding steroid dienone is 3. The summed E-state index contributed by atoms with van der Waals surface area (Å²) in [5, 5.41) is 18.0.